The molecule has 20 heavy (non-hydrogen) atoms. The number of nitrogens with zero attached hydrogens (tertiary/aromatic N) is 1. The lowest BCUT2D eigenvalue weighted by molar-refractivity contribution is -0.117. The number of hydrogen-bond acceptors (Lipinski definition) is 2. The molecule has 4 heteroatoms. The van der Waals surface area contributed by atoms with Crippen molar-refractivity contribution in [2.75, 3.05) is 18.9 Å². The molecule has 0 aromatic heterocycles. The maximum atomic E-state index is 12.0. The second-order valence-corrected chi connectivity index (χ2v) is 5.92. The fourth-order valence-electron chi connectivity index (χ4n) is 2.69. The van der Waals surface area contributed by atoms with E-state index in [0.717, 1.165) is 15.7 Å². The van der Waals surface area contributed by atoms with Gasteiger partial charge in [0.2, 0.25) is 5.91 Å². The third kappa shape index (κ3) is 2.49. The fourth-order valence-corrected chi connectivity index (χ4v) is 3.07. The molecule has 1 aliphatic heterocycles. The van der Waals surface area contributed by atoms with Gasteiger partial charge in [0.05, 0.1) is 12.6 Å². The van der Waals surface area contributed by atoms with Gasteiger partial charge in [-0.3, -0.25) is 9.69 Å². The smallest absolute Gasteiger partial charge is 0.238 e. The van der Waals surface area contributed by atoms with E-state index in [1.165, 1.54) is 5.56 Å². The first kappa shape index (κ1) is 13.3. The van der Waals surface area contributed by atoms with Crippen LogP contribution >= 0.6 is 15.9 Å². The van der Waals surface area contributed by atoms with Crippen LogP contribution in [0, 0.1) is 0 Å². The van der Waals surface area contributed by atoms with Crippen LogP contribution in [0.5, 0.6) is 0 Å². The molecule has 1 heterocycles. The Kier molecular flexibility index (Phi) is 3.59. The van der Waals surface area contributed by atoms with Crippen LogP contribution < -0.4 is 5.32 Å². The van der Waals surface area contributed by atoms with Crippen LogP contribution in [0.15, 0.2) is 53.0 Å². The van der Waals surface area contributed by atoms with E-state index in [1.54, 1.807) is 0 Å². The Morgan fingerprint density at radius 2 is 1.95 bits per heavy atom. The second kappa shape index (κ2) is 5.38. The van der Waals surface area contributed by atoms with E-state index < -0.39 is 0 Å². The van der Waals surface area contributed by atoms with E-state index in [1.807, 2.05) is 37.4 Å². The molecular formula is C16H15BrN2O. The Hall–Kier alpha value is -1.65. The molecule has 1 amide bonds. The highest BCUT2D eigenvalue weighted by atomic mass is 79.9. The molecule has 1 atom stereocenters. The highest BCUT2D eigenvalue weighted by Gasteiger charge is 2.27. The van der Waals surface area contributed by atoms with Crippen molar-refractivity contribution in [1.82, 2.24) is 4.90 Å². The molecule has 0 fully saturated rings. The zero-order valence-corrected chi connectivity index (χ0v) is 12.7. The van der Waals surface area contributed by atoms with Crippen molar-refractivity contribution >= 4 is 27.5 Å². The molecule has 2 aromatic carbocycles. The number of fused-ring (bicyclic) bond motifs is 1. The number of anilines is 1. The van der Waals surface area contributed by atoms with Gasteiger partial charge in [-0.2, -0.15) is 0 Å². The third-order valence-electron chi connectivity index (χ3n) is 3.53. The number of carbonyl (C=O) groups is 1. The third-order valence-corrected chi connectivity index (χ3v) is 4.02. The predicted octanol–water partition coefficient (Wildman–Crippen LogP) is 3.42. The first-order valence-electron chi connectivity index (χ1n) is 6.49. The number of amides is 1. The van der Waals surface area contributed by atoms with Crippen molar-refractivity contribution in [3.63, 3.8) is 0 Å². The summed E-state index contributed by atoms with van der Waals surface area (Å²) in [6.45, 7) is 0.381. The van der Waals surface area contributed by atoms with Gasteiger partial charge < -0.3 is 5.32 Å². The number of benzene rings is 2. The van der Waals surface area contributed by atoms with Gasteiger partial charge >= 0.3 is 0 Å². The Bertz CT molecular complexity index is 642. The molecule has 0 unspecified atom stereocenters. The minimum Gasteiger partial charge on any atom is -0.325 e. The van der Waals surface area contributed by atoms with E-state index in [4.69, 9.17) is 0 Å². The lowest BCUT2D eigenvalue weighted by Crippen LogP contribution is -2.30. The standard InChI is InChI=1S/C16H15BrN2O/c1-19-10-15(20)18-14-8-7-12(17)9-13(14)16(19)11-5-3-2-4-6-11/h2-9,16H,10H2,1H3,(H,18,20)/t16-/m1/s1. The molecule has 0 bridgehead atoms. The summed E-state index contributed by atoms with van der Waals surface area (Å²) in [5.74, 6) is 0.0227. The summed E-state index contributed by atoms with van der Waals surface area (Å²) >= 11 is 3.52. The number of halogens is 1. The van der Waals surface area contributed by atoms with Crippen LogP contribution in [0.2, 0.25) is 0 Å². The van der Waals surface area contributed by atoms with Gasteiger partial charge in [0, 0.05) is 10.2 Å². The Balaban J connectivity index is 2.17. The topological polar surface area (TPSA) is 32.3 Å². The predicted molar refractivity (Wildman–Crippen MR) is 83.7 cm³/mol. The summed E-state index contributed by atoms with van der Waals surface area (Å²) in [6, 6.07) is 16.3. The van der Waals surface area contributed by atoms with E-state index in [-0.39, 0.29) is 11.9 Å². The normalized spacial score (nSPS) is 19.1. The van der Waals surface area contributed by atoms with Crippen molar-refractivity contribution < 1.29 is 4.79 Å². The van der Waals surface area contributed by atoms with Crippen LogP contribution in [-0.4, -0.2) is 24.4 Å². The van der Waals surface area contributed by atoms with Crippen LogP contribution in [0.3, 0.4) is 0 Å². The monoisotopic (exact) mass is 330 g/mol. The molecule has 0 saturated heterocycles. The molecule has 0 saturated carbocycles. The molecule has 2 aromatic rings. The molecule has 0 aliphatic carbocycles. The van der Waals surface area contributed by atoms with Crippen molar-refractivity contribution in [3.05, 3.63) is 64.1 Å². The fraction of sp³-hybridized carbons (Fsp3) is 0.188. The minimum atomic E-state index is 0.0227. The largest absolute Gasteiger partial charge is 0.325 e. The SMILES string of the molecule is CN1CC(=O)Nc2ccc(Br)cc2[C@H]1c1ccccc1. The highest BCUT2D eigenvalue weighted by Crippen LogP contribution is 2.36. The van der Waals surface area contributed by atoms with Gasteiger partial charge in [0.1, 0.15) is 0 Å². The summed E-state index contributed by atoms with van der Waals surface area (Å²) in [5, 5.41) is 2.98. The summed E-state index contributed by atoms with van der Waals surface area (Å²) in [6.07, 6.45) is 0. The van der Waals surface area contributed by atoms with E-state index >= 15 is 0 Å². The Morgan fingerprint density at radius 1 is 1.20 bits per heavy atom. The van der Waals surface area contributed by atoms with Crippen LogP contribution in [0.4, 0.5) is 5.69 Å². The summed E-state index contributed by atoms with van der Waals surface area (Å²) in [4.78, 5) is 14.0. The number of nitrogens with one attached hydrogen (secondary N) is 1. The first-order valence-corrected chi connectivity index (χ1v) is 7.29. The molecule has 0 spiro atoms. The molecule has 3 nitrogen and oxygen atoms in total. The zero-order chi connectivity index (χ0) is 14.1. The average molecular weight is 331 g/mol. The van der Waals surface area contributed by atoms with E-state index in [2.05, 4.69) is 44.3 Å². The summed E-state index contributed by atoms with van der Waals surface area (Å²) in [7, 11) is 1.98. The van der Waals surface area contributed by atoms with E-state index in [0.29, 0.717) is 6.54 Å². The average Bonchev–Trinajstić information content (AvgIpc) is 2.54. The maximum absolute atomic E-state index is 12.0. The quantitative estimate of drug-likeness (QED) is 0.868. The van der Waals surface area contributed by atoms with Gasteiger partial charge in [-0.25, -0.2) is 0 Å². The van der Waals surface area contributed by atoms with Gasteiger partial charge in [0.15, 0.2) is 0 Å². The van der Waals surface area contributed by atoms with E-state index in [9.17, 15) is 4.79 Å². The number of rotatable bonds is 1. The lowest BCUT2D eigenvalue weighted by Gasteiger charge is -2.26. The number of likely N-dealkylation sites (N-methyl/N-ethyl adjacent to an activating group) is 1. The molecule has 102 valence electrons. The van der Waals surface area contributed by atoms with Crippen molar-refractivity contribution in [1.29, 1.82) is 0 Å². The molecule has 1 N–H and O–H groups in total. The Labute approximate surface area is 126 Å². The highest BCUT2D eigenvalue weighted by molar-refractivity contribution is 9.10. The van der Waals surface area contributed by atoms with Crippen LogP contribution in [0.1, 0.15) is 17.2 Å². The number of hydrogen-bond donors (Lipinski definition) is 1. The van der Waals surface area contributed by atoms with Gasteiger partial charge in [-0.15, -0.1) is 0 Å². The van der Waals surface area contributed by atoms with Gasteiger partial charge in [-0.1, -0.05) is 46.3 Å². The first-order chi connectivity index (χ1) is 9.65. The zero-order valence-electron chi connectivity index (χ0n) is 11.1. The second-order valence-electron chi connectivity index (χ2n) is 5.01. The van der Waals surface area contributed by atoms with Crippen molar-refractivity contribution in [2.24, 2.45) is 0 Å². The van der Waals surface area contributed by atoms with Crippen LogP contribution in [0.25, 0.3) is 0 Å². The summed E-state index contributed by atoms with van der Waals surface area (Å²) in [5.41, 5.74) is 3.18. The lowest BCUT2D eigenvalue weighted by atomic mass is 9.96. The van der Waals surface area contributed by atoms with Crippen LogP contribution in [-0.2, 0) is 4.79 Å². The minimum absolute atomic E-state index is 0.0227. The van der Waals surface area contributed by atoms with Crippen molar-refractivity contribution in [3.8, 4) is 0 Å². The molecule has 0 radical (unpaired) electrons. The Morgan fingerprint density at radius 3 is 2.70 bits per heavy atom. The molecule has 1 aliphatic rings. The summed E-state index contributed by atoms with van der Waals surface area (Å²) < 4.78 is 1.02. The van der Waals surface area contributed by atoms with Gasteiger partial charge in [0.25, 0.3) is 0 Å². The van der Waals surface area contributed by atoms with Crippen molar-refractivity contribution in [2.45, 2.75) is 6.04 Å². The van der Waals surface area contributed by atoms with Gasteiger partial charge in [-0.05, 0) is 36.4 Å². The molecular weight excluding hydrogens is 316 g/mol. The number of carbonyl (C=O) groups excluding carboxylic acids is 1. The molecule has 3 rings (SSSR count). The maximum Gasteiger partial charge on any atom is 0.238 e.